The van der Waals surface area contributed by atoms with Gasteiger partial charge in [0.1, 0.15) is 6.10 Å². The minimum atomic E-state index is -0.0459. The number of aromatic nitrogens is 3. The van der Waals surface area contributed by atoms with Gasteiger partial charge in [0, 0.05) is 41.6 Å². The number of nitrogens with zero attached hydrogens (tertiary/aromatic N) is 3. The van der Waals surface area contributed by atoms with Crippen LogP contribution in [0.2, 0.25) is 0 Å². The van der Waals surface area contributed by atoms with Gasteiger partial charge < -0.3 is 14.6 Å². The first-order valence-electron chi connectivity index (χ1n) is 8.09. The van der Waals surface area contributed by atoms with Crippen LogP contribution in [-0.2, 0) is 0 Å². The van der Waals surface area contributed by atoms with Gasteiger partial charge in [-0.1, -0.05) is 0 Å². The quantitative estimate of drug-likeness (QED) is 0.805. The summed E-state index contributed by atoms with van der Waals surface area (Å²) >= 11 is 0. The number of H-pyrrole nitrogens is 1. The van der Waals surface area contributed by atoms with E-state index in [9.17, 15) is 4.79 Å². The van der Waals surface area contributed by atoms with E-state index in [0.717, 1.165) is 30.3 Å². The fourth-order valence-corrected chi connectivity index (χ4v) is 3.10. The largest absolute Gasteiger partial charge is 0.471 e. The molecule has 24 heavy (non-hydrogen) atoms. The molecule has 0 radical (unpaired) electrons. The fraction of sp³-hybridized carbons (Fsp3) is 0.278. The summed E-state index contributed by atoms with van der Waals surface area (Å²) in [6.45, 7) is 1.32. The number of amides is 1. The van der Waals surface area contributed by atoms with Crippen LogP contribution in [0.3, 0.4) is 0 Å². The van der Waals surface area contributed by atoms with Gasteiger partial charge in [0.2, 0.25) is 5.88 Å². The summed E-state index contributed by atoms with van der Waals surface area (Å²) in [4.78, 5) is 25.9. The molecule has 1 aliphatic heterocycles. The normalized spacial score (nSPS) is 17.8. The minimum absolute atomic E-state index is 0.0459. The molecule has 0 bridgehead atoms. The lowest BCUT2D eigenvalue weighted by Gasteiger charge is -2.32. The number of hydrogen-bond donors (Lipinski definition) is 1. The molecule has 3 aromatic rings. The summed E-state index contributed by atoms with van der Waals surface area (Å²) in [5.74, 6) is 0.552. The first-order chi connectivity index (χ1) is 11.8. The molecule has 1 N–H and O–H groups in total. The summed E-state index contributed by atoms with van der Waals surface area (Å²) < 4.78 is 5.86. The lowest BCUT2D eigenvalue weighted by Crippen LogP contribution is -2.44. The van der Waals surface area contributed by atoms with Gasteiger partial charge in [0.25, 0.3) is 5.91 Å². The third-order valence-electron chi connectivity index (χ3n) is 4.29. The van der Waals surface area contributed by atoms with Gasteiger partial charge in [-0.2, -0.15) is 0 Å². The molecule has 122 valence electrons. The molecule has 1 fully saturated rings. The Kier molecular flexibility index (Phi) is 3.86. The topological polar surface area (TPSA) is 71.1 Å². The Morgan fingerprint density at radius 3 is 3.12 bits per heavy atom. The summed E-state index contributed by atoms with van der Waals surface area (Å²) in [7, 11) is 0. The second-order valence-corrected chi connectivity index (χ2v) is 5.96. The number of rotatable bonds is 3. The number of likely N-dealkylation sites (tertiary alicyclic amines) is 1. The van der Waals surface area contributed by atoms with Crippen LogP contribution < -0.4 is 4.74 Å². The highest BCUT2D eigenvalue weighted by molar-refractivity contribution is 5.98. The van der Waals surface area contributed by atoms with E-state index >= 15 is 0 Å². The monoisotopic (exact) mass is 322 g/mol. The molecule has 1 amide bonds. The SMILES string of the molecule is O=C(c1ccc2[nH]ccc2c1)N1CCCC(Oc2cnccn2)C1. The number of fused-ring (bicyclic) bond motifs is 1. The Balaban J connectivity index is 1.47. The summed E-state index contributed by atoms with van der Waals surface area (Å²) in [5, 5.41) is 1.05. The Labute approximate surface area is 139 Å². The van der Waals surface area contributed by atoms with Gasteiger partial charge in [-0.3, -0.25) is 9.78 Å². The van der Waals surface area contributed by atoms with Crippen molar-refractivity contribution in [2.24, 2.45) is 0 Å². The van der Waals surface area contributed by atoms with Gasteiger partial charge in [-0.25, -0.2) is 4.98 Å². The van der Waals surface area contributed by atoms with Gasteiger partial charge >= 0.3 is 0 Å². The maximum atomic E-state index is 12.8. The van der Waals surface area contributed by atoms with Crippen LogP contribution in [0.5, 0.6) is 5.88 Å². The van der Waals surface area contributed by atoms with Gasteiger partial charge in [-0.05, 0) is 37.1 Å². The molecular formula is C18H18N4O2. The Hall–Kier alpha value is -2.89. The van der Waals surface area contributed by atoms with Crippen LogP contribution in [0.1, 0.15) is 23.2 Å². The third-order valence-corrected chi connectivity index (χ3v) is 4.29. The Morgan fingerprint density at radius 1 is 1.29 bits per heavy atom. The molecule has 6 heteroatoms. The van der Waals surface area contributed by atoms with Crippen molar-refractivity contribution in [3.8, 4) is 5.88 Å². The van der Waals surface area contributed by atoms with Crippen LogP contribution in [0.4, 0.5) is 0 Å². The zero-order valence-corrected chi connectivity index (χ0v) is 13.2. The van der Waals surface area contributed by atoms with Crippen molar-refractivity contribution in [1.29, 1.82) is 0 Å². The number of benzene rings is 1. The molecule has 3 heterocycles. The molecule has 2 aromatic heterocycles. The predicted molar refractivity (Wildman–Crippen MR) is 89.9 cm³/mol. The molecule has 1 aliphatic rings. The number of aromatic amines is 1. The number of carbonyl (C=O) groups is 1. The first-order valence-corrected chi connectivity index (χ1v) is 8.09. The van der Waals surface area contributed by atoms with Gasteiger partial charge in [0.05, 0.1) is 12.7 Å². The van der Waals surface area contributed by atoms with Crippen molar-refractivity contribution >= 4 is 16.8 Å². The summed E-state index contributed by atoms with van der Waals surface area (Å²) in [5.41, 5.74) is 1.75. The number of carbonyl (C=O) groups excluding carboxylic acids is 1. The standard InChI is InChI=1S/C18H18N4O2/c23-18(14-3-4-16-13(10-14)5-6-20-16)22-9-1-2-15(12-22)24-17-11-19-7-8-21-17/h3-8,10-11,15,20H,1-2,9,12H2. The van der Waals surface area contributed by atoms with E-state index < -0.39 is 0 Å². The number of ether oxygens (including phenoxy) is 1. The number of piperidine rings is 1. The van der Waals surface area contributed by atoms with Crippen LogP contribution in [0, 0.1) is 0 Å². The molecule has 6 nitrogen and oxygen atoms in total. The highest BCUT2D eigenvalue weighted by Gasteiger charge is 2.26. The van der Waals surface area contributed by atoms with E-state index in [2.05, 4.69) is 15.0 Å². The Morgan fingerprint density at radius 2 is 2.25 bits per heavy atom. The van der Waals surface area contributed by atoms with Crippen molar-refractivity contribution in [1.82, 2.24) is 19.9 Å². The molecule has 1 unspecified atom stereocenters. The van der Waals surface area contributed by atoms with Crippen LogP contribution in [-0.4, -0.2) is 45.0 Å². The van der Waals surface area contributed by atoms with Crippen molar-refractivity contribution in [2.45, 2.75) is 18.9 Å². The lowest BCUT2D eigenvalue weighted by molar-refractivity contribution is 0.0527. The molecule has 0 aliphatic carbocycles. The lowest BCUT2D eigenvalue weighted by atomic mass is 10.1. The van der Waals surface area contributed by atoms with Gasteiger partial charge in [-0.15, -0.1) is 0 Å². The maximum absolute atomic E-state index is 12.8. The second-order valence-electron chi connectivity index (χ2n) is 5.96. The molecule has 1 saturated heterocycles. The molecule has 0 spiro atoms. The zero-order valence-electron chi connectivity index (χ0n) is 13.2. The number of nitrogens with one attached hydrogen (secondary N) is 1. The van der Waals surface area contributed by atoms with Crippen molar-refractivity contribution in [3.63, 3.8) is 0 Å². The minimum Gasteiger partial charge on any atom is -0.471 e. The molecule has 1 atom stereocenters. The highest BCUT2D eigenvalue weighted by Crippen LogP contribution is 2.20. The zero-order chi connectivity index (χ0) is 16.4. The third kappa shape index (κ3) is 2.95. The average Bonchev–Trinajstić information content (AvgIpc) is 3.10. The van der Waals surface area contributed by atoms with E-state index in [0.29, 0.717) is 18.0 Å². The highest BCUT2D eigenvalue weighted by atomic mass is 16.5. The molecule has 1 aromatic carbocycles. The molecular weight excluding hydrogens is 304 g/mol. The predicted octanol–water partition coefficient (Wildman–Crippen LogP) is 2.64. The van der Waals surface area contributed by atoms with Crippen LogP contribution >= 0.6 is 0 Å². The molecule has 0 saturated carbocycles. The van der Waals surface area contributed by atoms with Crippen molar-refractivity contribution < 1.29 is 9.53 Å². The van der Waals surface area contributed by atoms with Crippen molar-refractivity contribution in [2.75, 3.05) is 13.1 Å². The second kappa shape index (κ2) is 6.31. The van der Waals surface area contributed by atoms with E-state index in [1.807, 2.05) is 35.4 Å². The van der Waals surface area contributed by atoms with E-state index in [-0.39, 0.29) is 12.0 Å². The smallest absolute Gasteiger partial charge is 0.254 e. The first kappa shape index (κ1) is 14.7. The summed E-state index contributed by atoms with van der Waals surface area (Å²) in [6.07, 6.45) is 8.48. The fourth-order valence-electron chi connectivity index (χ4n) is 3.10. The summed E-state index contributed by atoms with van der Waals surface area (Å²) in [6, 6.07) is 7.72. The van der Waals surface area contributed by atoms with E-state index in [1.165, 1.54) is 0 Å². The maximum Gasteiger partial charge on any atom is 0.254 e. The average molecular weight is 322 g/mol. The van der Waals surface area contributed by atoms with Crippen LogP contribution in [0.15, 0.2) is 49.1 Å². The Bertz CT molecular complexity index is 846. The van der Waals surface area contributed by atoms with Crippen molar-refractivity contribution in [3.05, 3.63) is 54.6 Å². The number of hydrogen-bond acceptors (Lipinski definition) is 4. The van der Waals surface area contributed by atoms with Gasteiger partial charge in [0.15, 0.2) is 0 Å². The molecule has 4 rings (SSSR count). The van der Waals surface area contributed by atoms with E-state index in [4.69, 9.17) is 4.74 Å². The van der Waals surface area contributed by atoms with E-state index in [1.54, 1.807) is 18.6 Å². The van der Waals surface area contributed by atoms with Crippen LogP contribution in [0.25, 0.3) is 10.9 Å².